The van der Waals surface area contributed by atoms with Gasteiger partial charge >= 0.3 is 0 Å². The maximum atomic E-state index is 13.2. The highest BCUT2D eigenvalue weighted by Gasteiger charge is 2.34. The predicted octanol–water partition coefficient (Wildman–Crippen LogP) is 1.75. The number of fused-ring (bicyclic) bond motifs is 2. The van der Waals surface area contributed by atoms with Gasteiger partial charge in [-0.2, -0.15) is 0 Å². The van der Waals surface area contributed by atoms with Crippen LogP contribution in [0.2, 0.25) is 0 Å². The highest BCUT2D eigenvalue weighted by Crippen LogP contribution is 2.37. The van der Waals surface area contributed by atoms with E-state index in [0.717, 1.165) is 13.0 Å². The first-order valence-corrected chi connectivity index (χ1v) is 9.12. The molecule has 4 rings (SSSR count). The summed E-state index contributed by atoms with van der Waals surface area (Å²) in [5.74, 6) is -0.534. The highest BCUT2D eigenvalue weighted by atomic mass is 16.1. The number of benzene rings is 2. The smallest absolute Gasteiger partial charge is 0.243 e. The summed E-state index contributed by atoms with van der Waals surface area (Å²) in [5, 5.41) is 3.30. The van der Waals surface area contributed by atoms with E-state index < -0.39 is 0 Å². The third-order valence-corrected chi connectivity index (χ3v) is 4.99. The Balaban J connectivity index is 1.60. The maximum absolute atomic E-state index is 13.2. The molecule has 0 unspecified atom stereocenters. The van der Waals surface area contributed by atoms with Crippen LogP contribution in [0, 0.1) is 0 Å². The summed E-state index contributed by atoms with van der Waals surface area (Å²) >= 11 is 0. The van der Waals surface area contributed by atoms with Crippen molar-refractivity contribution >= 4 is 28.6 Å². The van der Waals surface area contributed by atoms with Crippen LogP contribution < -0.4 is 21.4 Å². The molecule has 0 saturated heterocycles. The van der Waals surface area contributed by atoms with Crippen LogP contribution in [0.4, 0.5) is 17.1 Å². The Morgan fingerprint density at radius 2 is 1.71 bits per heavy atom. The number of nitrogens with two attached hydrogens (primary N) is 2. The summed E-state index contributed by atoms with van der Waals surface area (Å²) < 4.78 is 4.08. The molecule has 2 aromatic carbocycles. The van der Waals surface area contributed by atoms with Crippen LogP contribution in [0.1, 0.15) is 38.3 Å². The Bertz CT molecular complexity index is 1100. The van der Waals surface area contributed by atoms with Crippen LogP contribution in [-0.2, 0) is 13.6 Å². The molecule has 7 heteroatoms. The molecule has 0 saturated carbocycles. The number of carbonyl (C=O) groups is 2. The highest BCUT2D eigenvalue weighted by molar-refractivity contribution is 6.33. The Labute approximate surface area is 162 Å². The van der Waals surface area contributed by atoms with Gasteiger partial charge < -0.3 is 16.8 Å². The second kappa shape index (κ2) is 6.84. The molecule has 1 heterocycles. The molecular formula is C21H22N5O2+. The summed E-state index contributed by atoms with van der Waals surface area (Å²) in [6, 6.07) is 8.37. The number of hydrogen-bond donors (Lipinski definition) is 3. The Kier molecular flexibility index (Phi) is 4.35. The summed E-state index contributed by atoms with van der Waals surface area (Å²) in [6.45, 7) is 1.52. The minimum atomic E-state index is -0.269. The summed E-state index contributed by atoms with van der Waals surface area (Å²) in [4.78, 5) is 26.1. The van der Waals surface area contributed by atoms with Crippen molar-refractivity contribution in [2.75, 3.05) is 23.3 Å². The maximum Gasteiger partial charge on any atom is 0.243 e. The third-order valence-electron chi connectivity index (χ3n) is 4.99. The number of imidazole rings is 1. The number of ketones is 2. The minimum absolute atomic E-state index is 0.201. The van der Waals surface area contributed by atoms with Crippen molar-refractivity contribution in [1.29, 1.82) is 0 Å². The van der Waals surface area contributed by atoms with E-state index in [-0.39, 0.29) is 34.1 Å². The number of aromatic nitrogens is 2. The van der Waals surface area contributed by atoms with Gasteiger partial charge in [0.1, 0.15) is 12.4 Å². The molecule has 1 aromatic heterocycles. The lowest BCUT2D eigenvalue weighted by atomic mass is 9.81. The first kappa shape index (κ1) is 17.8. The number of anilines is 3. The van der Waals surface area contributed by atoms with Crippen LogP contribution in [0.5, 0.6) is 0 Å². The summed E-state index contributed by atoms with van der Waals surface area (Å²) in [6.07, 6.45) is 6.87. The van der Waals surface area contributed by atoms with Gasteiger partial charge in [-0.1, -0.05) is 12.1 Å². The quantitative estimate of drug-likeness (QED) is 0.279. The lowest BCUT2D eigenvalue weighted by Gasteiger charge is -2.23. The fourth-order valence-corrected chi connectivity index (χ4v) is 3.64. The number of hydrogen-bond acceptors (Lipinski definition) is 5. The van der Waals surface area contributed by atoms with E-state index in [1.165, 1.54) is 0 Å². The van der Waals surface area contributed by atoms with Gasteiger partial charge in [0.2, 0.25) is 6.33 Å². The SMILES string of the molecule is C[n+]1ccn(CCCNc2cccc3c2C(=O)c2c(N)ccc(N)c2C3=O)c1. The predicted molar refractivity (Wildman–Crippen MR) is 107 cm³/mol. The fourth-order valence-electron chi connectivity index (χ4n) is 3.64. The van der Waals surface area contributed by atoms with Gasteiger partial charge in [-0.25, -0.2) is 9.13 Å². The zero-order chi connectivity index (χ0) is 19.8. The molecule has 5 N–H and O–H groups in total. The van der Waals surface area contributed by atoms with Gasteiger partial charge in [0.05, 0.1) is 30.3 Å². The lowest BCUT2D eigenvalue weighted by Crippen LogP contribution is -2.25. The molecule has 0 bridgehead atoms. The largest absolute Gasteiger partial charge is 0.398 e. The van der Waals surface area contributed by atoms with E-state index >= 15 is 0 Å². The summed E-state index contributed by atoms with van der Waals surface area (Å²) in [5.41, 5.74) is 14.3. The van der Waals surface area contributed by atoms with Crippen LogP contribution in [0.25, 0.3) is 0 Å². The number of aryl methyl sites for hydroxylation is 2. The van der Waals surface area contributed by atoms with Gasteiger partial charge in [-0.3, -0.25) is 9.59 Å². The lowest BCUT2D eigenvalue weighted by molar-refractivity contribution is -0.671. The second-order valence-corrected chi connectivity index (χ2v) is 6.98. The van der Waals surface area contributed by atoms with E-state index in [2.05, 4.69) is 9.88 Å². The van der Waals surface area contributed by atoms with Gasteiger partial charge in [-0.15, -0.1) is 0 Å². The van der Waals surface area contributed by atoms with Crippen LogP contribution in [0.3, 0.4) is 0 Å². The van der Waals surface area contributed by atoms with Crippen LogP contribution >= 0.6 is 0 Å². The molecule has 0 atom stereocenters. The fraction of sp³-hybridized carbons (Fsp3) is 0.190. The second-order valence-electron chi connectivity index (χ2n) is 6.98. The molecule has 28 heavy (non-hydrogen) atoms. The Morgan fingerprint density at radius 3 is 2.39 bits per heavy atom. The molecule has 1 aliphatic carbocycles. The van der Waals surface area contributed by atoms with Crippen molar-refractivity contribution in [3.63, 3.8) is 0 Å². The van der Waals surface area contributed by atoms with Gasteiger partial charge in [0.15, 0.2) is 11.6 Å². The number of nitrogens with one attached hydrogen (secondary N) is 1. The zero-order valence-electron chi connectivity index (χ0n) is 15.6. The molecule has 0 aliphatic heterocycles. The number of rotatable bonds is 5. The normalized spacial score (nSPS) is 12.6. The van der Waals surface area contributed by atoms with Gasteiger partial charge in [0, 0.05) is 35.6 Å². The summed E-state index contributed by atoms with van der Waals surface area (Å²) in [7, 11) is 1.98. The van der Waals surface area contributed by atoms with Gasteiger partial charge in [0.25, 0.3) is 0 Å². The van der Waals surface area contributed by atoms with E-state index in [4.69, 9.17) is 11.5 Å². The third kappa shape index (κ3) is 2.90. The Hall–Kier alpha value is -3.61. The first-order chi connectivity index (χ1) is 13.5. The minimum Gasteiger partial charge on any atom is -0.398 e. The van der Waals surface area contributed by atoms with Crippen molar-refractivity contribution in [3.8, 4) is 0 Å². The molecule has 142 valence electrons. The molecule has 0 radical (unpaired) electrons. The van der Waals surface area contributed by atoms with E-state index in [0.29, 0.717) is 23.4 Å². The standard InChI is InChI=1S/C21H21N5O2/c1-25-10-11-26(12-25)9-3-8-24-16-5-2-4-13-17(16)21(28)19-15(23)7-6-14(22)18(19)20(13)27/h2,4-7,10-12H,3,8-9H2,1H3,(H4-,22,23,24,27,28)/p+1. The average molecular weight is 376 g/mol. The average Bonchev–Trinajstić information content (AvgIpc) is 3.10. The number of nitrogens with zero attached hydrogens (tertiary/aromatic N) is 2. The molecule has 0 amide bonds. The van der Waals surface area contributed by atoms with E-state index in [1.807, 2.05) is 36.4 Å². The number of nitrogen functional groups attached to an aromatic ring is 2. The molecule has 7 nitrogen and oxygen atoms in total. The zero-order valence-corrected chi connectivity index (χ0v) is 15.6. The van der Waals surface area contributed by atoms with Crippen LogP contribution in [-0.4, -0.2) is 22.7 Å². The molecule has 1 aliphatic rings. The molecule has 0 fully saturated rings. The van der Waals surface area contributed by atoms with Crippen molar-refractivity contribution in [2.45, 2.75) is 13.0 Å². The van der Waals surface area contributed by atoms with E-state index in [1.54, 1.807) is 24.3 Å². The van der Waals surface area contributed by atoms with E-state index in [9.17, 15) is 9.59 Å². The van der Waals surface area contributed by atoms with Gasteiger partial charge in [-0.05, 0) is 18.2 Å². The topological polar surface area (TPSA) is 107 Å². The Morgan fingerprint density at radius 1 is 1.00 bits per heavy atom. The number of carbonyl (C=O) groups excluding carboxylic acids is 2. The van der Waals surface area contributed by atoms with Crippen molar-refractivity contribution in [2.24, 2.45) is 7.05 Å². The molecular weight excluding hydrogens is 354 g/mol. The first-order valence-electron chi connectivity index (χ1n) is 9.12. The molecule has 0 spiro atoms. The molecule has 3 aromatic rings. The monoisotopic (exact) mass is 376 g/mol. The van der Waals surface area contributed by atoms with Crippen molar-refractivity contribution in [3.05, 3.63) is 71.3 Å². The van der Waals surface area contributed by atoms with Crippen LogP contribution in [0.15, 0.2) is 49.1 Å². The van der Waals surface area contributed by atoms with Crippen molar-refractivity contribution in [1.82, 2.24) is 4.57 Å². The van der Waals surface area contributed by atoms with Crippen molar-refractivity contribution < 1.29 is 14.2 Å².